The summed E-state index contributed by atoms with van der Waals surface area (Å²) in [7, 11) is 1.58. The number of amides is 3. The lowest BCUT2D eigenvalue weighted by atomic mass is 10.1. The third-order valence-electron chi connectivity index (χ3n) is 4.29. The van der Waals surface area contributed by atoms with Crippen LogP contribution in [0.3, 0.4) is 0 Å². The monoisotopic (exact) mass is 414 g/mol. The SMILES string of the molecule is COCCCN1C(=O)C(SCc2ccco2)=C(c2ccc(NC(C)=O)cc2)C1=O. The van der Waals surface area contributed by atoms with Gasteiger partial charge in [-0.25, -0.2) is 0 Å². The first-order chi connectivity index (χ1) is 14.0. The first-order valence-electron chi connectivity index (χ1n) is 9.14. The van der Waals surface area contributed by atoms with Crippen LogP contribution in [0, 0.1) is 0 Å². The summed E-state index contributed by atoms with van der Waals surface area (Å²) in [6.45, 7) is 2.19. The minimum Gasteiger partial charge on any atom is -0.468 e. The van der Waals surface area contributed by atoms with Crippen molar-refractivity contribution in [2.75, 3.05) is 25.6 Å². The molecule has 0 spiro atoms. The molecule has 7 nitrogen and oxygen atoms in total. The molecule has 1 aromatic heterocycles. The van der Waals surface area contributed by atoms with Gasteiger partial charge in [0.25, 0.3) is 11.8 Å². The summed E-state index contributed by atoms with van der Waals surface area (Å²) in [6.07, 6.45) is 2.14. The highest BCUT2D eigenvalue weighted by atomic mass is 32.2. The van der Waals surface area contributed by atoms with Crippen LogP contribution in [0.25, 0.3) is 5.57 Å². The normalized spacial score (nSPS) is 14.1. The lowest BCUT2D eigenvalue weighted by Crippen LogP contribution is -2.33. The van der Waals surface area contributed by atoms with E-state index in [0.29, 0.717) is 47.1 Å². The summed E-state index contributed by atoms with van der Waals surface area (Å²) in [4.78, 5) is 38.9. The lowest BCUT2D eigenvalue weighted by Gasteiger charge is -2.14. The van der Waals surface area contributed by atoms with Crippen LogP contribution in [0.1, 0.15) is 24.7 Å². The molecule has 0 radical (unpaired) electrons. The third-order valence-corrected chi connectivity index (χ3v) is 5.38. The van der Waals surface area contributed by atoms with E-state index < -0.39 is 0 Å². The number of carbonyl (C=O) groups is 3. The van der Waals surface area contributed by atoms with Gasteiger partial charge in [-0.1, -0.05) is 12.1 Å². The van der Waals surface area contributed by atoms with E-state index in [1.807, 2.05) is 6.07 Å². The first-order valence-corrected chi connectivity index (χ1v) is 10.1. The minimum atomic E-state index is -0.319. The van der Waals surface area contributed by atoms with Gasteiger partial charge in [0, 0.05) is 32.9 Å². The molecule has 1 aromatic carbocycles. The van der Waals surface area contributed by atoms with Gasteiger partial charge in [0.15, 0.2) is 0 Å². The summed E-state index contributed by atoms with van der Waals surface area (Å²) in [5, 5.41) is 2.69. The van der Waals surface area contributed by atoms with Crippen molar-refractivity contribution in [1.29, 1.82) is 0 Å². The number of hydrogen-bond acceptors (Lipinski definition) is 6. The Labute approximate surface area is 173 Å². The van der Waals surface area contributed by atoms with Crippen molar-refractivity contribution >= 4 is 40.7 Å². The predicted octanol–water partition coefficient (Wildman–Crippen LogP) is 3.29. The zero-order valence-electron chi connectivity index (χ0n) is 16.3. The second-order valence-corrected chi connectivity index (χ2v) is 7.42. The number of furan rings is 1. The van der Waals surface area contributed by atoms with E-state index in [-0.39, 0.29) is 17.7 Å². The van der Waals surface area contributed by atoms with E-state index in [9.17, 15) is 14.4 Å². The topological polar surface area (TPSA) is 88.8 Å². The van der Waals surface area contributed by atoms with Crippen LogP contribution in [0.4, 0.5) is 5.69 Å². The van der Waals surface area contributed by atoms with Gasteiger partial charge in [0.1, 0.15) is 5.76 Å². The molecule has 29 heavy (non-hydrogen) atoms. The number of imide groups is 1. The van der Waals surface area contributed by atoms with Gasteiger partial charge < -0.3 is 14.5 Å². The predicted molar refractivity (Wildman–Crippen MR) is 111 cm³/mol. The van der Waals surface area contributed by atoms with Crippen LogP contribution in [-0.2, 0) is 24.9 Å². The number of anilines is 1. The van der Waals surface area contributed by atoms with E-state index in [1.54, 1.807) is 43.7 Å². The van der Waals surface area contributed by atoms with Gasteiger partial charge in [-0.05, 0) is 36.2 Å². The molecule has 2 heterocycles. The summed E-state index contributed by atoms with van der Waals surface area (Å²) >= 11 is 1.29. The fourth-order valence-corrected chi connectivity index (χ4v) is 4.01. The van der Waals surface area contributed by atoms with E-state index in [0.717, 1.165) is 5.76 Å². The number of hydrogen-bond donors (Lipinski definition) is 1. The van der Waals surface area contributed by atoms with Gasteiger partial charge >= 0.3 is 0 Å². The molecule has 0 atom stereocenters. The molecule has 2 aromatic rings. The Kier molecular flexibility index (Phi) is 6.90. The number of thioether (sulfide) groups is 1. The van der Waals surface area contributed by atoms with Gasteiger partial charge in [-0.2, -0.15) is 0 Å². The average Bonchev–Trinajstić information content (AvgIpc) is 3.29. The molecular formula is C21H22N2O5S. The van der Waals surface area contributed by atoms with E-state index >= 15 is 0 Å². The molecule has 0 saturated heterocycles. The first kappa shape index (κ1) is 20.9. The van der Waals surface area contributed by atoms with Crippen LogP contribution >= 0.6 is 11.8 Å². The van der Waals surface area contributed by atoms with Crippen molar-refractivity contribution < 1.29 is 23.5 Å². The van der Waals surface area contributed by atoms with Crippen molar-refractivity contribution in [1.82, 2.24) is 4.90 Å². The van der Waals surface area contributed by atoms with Crippen LogP contribution in [0.5, 0.6) is 0 Å². The number of rotatable bonds is 9. The van der Waals surface area contributed by atoms with Crippen LogP contribution in [0.2, 0.25) is 0 Å². The van der Waals surface area contributed by atoms with Gasteiger partial charge in [0.2, 0.25) is 5.91 Å². The standard InChI is InChI=1S/C21H22N2O5S/c1-14(24)22-16-8-6-15(7-9-16)18-19(29-13-17-5-3-12-28-17)21(26)23(20(18)25)10-4-11-27-2/h3,5-9,12H,4,10-11,13H2,1-2H3,(H,22,24). The summed E-state index contributed by atoms with van der Waals surface area (Å²) < 4.78 is 10.4. The highest BCUT2D eigenvalue weighted by Gasteiger charge is 2.38. The highest BCUT2D eigenvalue weighted by Crippen LogP contribution is 2.37. The van der Waals surface area contributed by atoms with Crippen molar-refractivity contribution in [3.63, 3.8) is 0 Å². The van der Waals surface area contributed by atoms with Crippen molar-refractivity contribution in [2.45, 2.75) is 19.1 Å². The molecule has 0 unspecified atom stereocenters. The quantitative estimate of drug-likeness (QED) is 0.500. The second-order valence-electron chi connectivity index (χ2n) is 6.44. The smallest absolute Gasteiger partial charge is 0.267 e. The Balaban J connectivity index is 1.88. The van der Waals surface area contributed by atoms with E-state index in [2.05, 4.69) is 5.32 Å². The highest BCUT2D eigenvalue weighted by molar-refractivity contribution is 8.03. The zero-order valence-corrected chi connectivity index (χ0v) is 17.1. The number of methoxy groups -OCH3 is 1. The fraction of sp³-hybridized carbons (Fsp3) is 0.286. The fourth-order valence-electron chi connectivity index (χ4n) is 2.97. The number of benzene rings is 1. The Hall–Kier alpha value is -2.84. The Morgan fingerprint density at radius 3 is 2.55 bits per heavy atom. The summed E-state index contributed by atoms with van der Waals surface area (Å²) in [6, 6.07) is 10.5. The number of carbonyl (C=O) groups excluding carboxylic acids is 3. The van der Waals surface area contributed by atoms with Crippen LogP contribution < -0.4 is 5.32 Å². The molecule has 0 saturated carbocycles. The number of nitrogens with one attached hydrogen (secondary N) is 1. The Morgan fingerprint density at radius 1 is 1.17 bits per heavy atom. The summed E-state index contributed by atoms with van der Waals surface area (Å²) in [5.74, 6) is 0.369. The average molecular weight is 414 g/mol. The van der Waals surface area contributed by atoms with E-state index in [4.69, 9.17) is 9.15 Å². The van der Waals surface area contributed by atoms with Crippen molar-refractivity contribution in [3.05, 3.63) is 58.9 Å². The lowest BCUT2D eigenvalue weighted by molar-refractivity contribution is -0.136. The van der Waals surface area contributed by atoms with Gasteiger partial charge in [0.05, 0.1) is 22.5 Å². The molecule has 1 aliphatic rings. The minimum absolute atomic E-state index is 0.178. The molecular weight excluding hydrogens is 392 g/mol. The Bertz CT molecular complexity index is 919. The molecule has 0 aliphatic carbocycles. The summed E-state index contributed by atoms with van der Waals surface area (Å²) in [5.41, 5.74) is 1.63. The van der Waals surface area contributed by atoms with Crippen molar-refractivity contribution in [2.24, 2.45) is 0 Å². The molecule has 3 rings (SSSR count). The molecule has 0 bridgehead atoms. The van der Waals surface area contributed by atoms with Gasteiger partial charge in [-0.15, -0.1) is 11.8 Å². The van der Waals surface area contributed by atoms with E-state index in [1.165, 1.54) is 23.6 Å². The van der Waals surface area contributed by atoms with Crippen molar-refractivity contribution in [3.8, 4) is 0 Å². The zero-order chi connectivity index (χ0) is 20.8. The van der Waals surface area contributed by atoms with Gasteiger partial charge in [-0.3, -0.25) is 19.3 Å². The molecule has 8 heteroatoms. The largest absolute Gasteiger partial charge is 0.468 e. The van der Waals surface area contributed by atoms with Crippen LogP contribution in [-0.4, -0.2) is 42.9 Å². The number of nitrogens with zero attached hydrogens (tertiary/aromatic N) is 1. The molecule has 1 aliphatic heterocycles. The maximum absolute atomic E-state index is 13.0. The molecule has 3 amide bonds. The second kappa shape index (κ2) is 9.58. The van der Waals surface area contributed by atoms with Crippen LogP contribution in [0.15, 0.2) is 52.0 Å². The maximum Gasteiger partial charge on any atom is 0.267 e. The Morgan fingerprint density at radius 2 is 1.93 bits per heavy atom. The maximum atomic E-state index is 13.0. The number of ether oxygens (including phenoxy) is 1. The third kappa shape index (κ3) is 4.96. The molecule has 0 fully saturated rings. The molecule has 152 valence electrons. The molecule has 1 N–H and O–H groups in total.